The molecule has 1 aliphatic rings. The molecule has 0 radical (unpaired) electrons. The maximum atomic E-state index is 3.45. The van der Waals surface area contributed by atoms with Crippen molar-refractivity contribution in [2.24, 2.45) is 11.3 Å². The van der Waals surface area contributed by atoms with E-state index < -0.39 is 0 Å². The lowest BCUT2D eigenvalue weighted by Gasteiger charge is -2.38. The van der Waals surface area contributed by atoms with Crippen LogP contribution in [-0.2, 0) is 11.8 Å². The van der Waals surface area contributed by atoms with Gasteiger partial charge in [0.1, 0.15) is 0 Å². The first kappa shape index (κ1) is 18.1. The third-order valence-corrected chi connectivity index (χ3v) is 5.62. The lowest BCUT2D eigenvalue weighted by Crippen LogP contribution is -2.32. The van der Waals surface area contributed by atoms with Crippen LogP contribution in [0.15, 0.2) is 12.1 Å². The third kappa shape index (κ3) is 3.78. The molecule has 1 aliphatic carbocycles. The monoisotopic (exact) mass is 348 g/mol. The van der Waals surface area contributed by atoms with Crippen LogP contribution >= 0.6 is 11.3 Å². The first-order valence-electron chi connectivity index (χ1n) is 9.19. The Morgan fingerprint density at radius 1 is 1.16 bits per heavy atom. The summed E-state index contributed by atoms with van der Waals surface area (Å²) in [4.78, 5) is 1.13. The molecular formula is C24H28S. The van der Waals surface area contributed by atoms with E-state index in [1.165, 1.54) is 21.2 Å². The molecular weight excluding hydrogens is 320 g/mol. The molecule has 0 N–H and O–H groups in total. The smallest absolute Gasteiger partial charge is 0.0937 e. The predicted molar refractivity (Wildman–Crippen MR) is 111 cm³/mol. The Bertz CT molecular complexity index is 938. The van der Waals surface area contributed by atoms with Gasteiger partial charge in [-0.1, -0.05) is 51.4 Å². The quantitative estimate of drug-likeness (QED) is 0.514. The van der Waals surface area contributed by atoms with E-state index in [2.05, 4.69) is 84.3 Å². The molecule has 0 nitrogen and oxygen atoms in total. The van der Waals surface area contributed by atoms with Gasteiger partial charge in [0.2, 0.25) is 0 Å². The van der Waals surface area contributed by atoms with Crippen LogP contribution < -0.4 is 0 Å². The van der Waals surface area contributed by atoms with Gasteiger partial charge in [0, 0.05) is 21.9 Å². The first-order chi connectivity index (χ1) is 11.6. The molecule has 2 aromatic rings. The topological polar surface area (TPSA) is 0 Å². The van der Waals surface area contributed by atoms with E-state index >= 15 is 0 Å². The Morgan fingerprint density at radius 3 is 2.48 bits per heavy atom. The Labute approximate surface area is 157 Å². The number of benzene rings is 1. The van der Waals surface area contributed by atoms with Crippen molar-refractivity contribution in [2.45, 2.75) is 66.7 Å². The van der Waals surface area contributed by atoms with Crippen molar-refractivity contribution in [2.75, 3.05) is 0 Å². The lowest BCUT2D eigenvalue weighted by atomic mass is 9.66. The molecule has 0 atom stereocenters. The molecule has 130 valence electrons. The van der Waals surface area contributed by atoms with Crippen LogP contribution in [0.5, 0.6) is 0 Å². The summed E-state index contributed by atoms with van der Waals surface area (Å²) in [5, 5.41) is 1.30. The fraction of sp³-hybridized carbons (Fsp3) is 0.500. The SMILES string of the molecule is CC(C)CC#Cc1c(C#CC(C)(C)C)sc2cc3c(cc12)CC3(C)C. The van der Waals surface area contributed by atoms with Gasteiger partial charge in [-0.2, -0.15) is 0 Å². The van der Waals surface area contributed by atoms with E-state index in [4.69, 9.17) is 0 Å². The molecule has 0 bridgehead atoms. The molecule has 1 aromatic carbocycles. The van der Waals surface area contributed by atoms with Gasteiger partial charge in [-0.3, -0.25) is 0 Å². The van der Waals surface area contributed by atoms with Crippen molar-refractivity contribution in [3.8, 4) is 23.7 Å². The van der Waals surface area contributed by atoms with Crippen LogP contribution in [0.25, 0.3) is 10.1 Å². The number of fused-ring (bicyclic) bond motifs is 2. The number of hydrogen-bond acceptors (Lipinski definition) is 1. The van der Waals surface area contributed by atoms with Crippen molar-refractivity contribution in [3.63, 3.8) is 0 Å². The second-order valence-corrected chi connectivity index (χ2v) is 10.3. The van der Waals surface area contributed by atoms with Gasteiger partial charge in [-0.15, -0.1) is 11.3 Å². The Morgan fingerprint density at radius 2 is 1.88 bits per heavy atom. The second kappa shape index (κ2) is 6.23. The fourth-order valence-corrected chi connectivity index (χ4v) is 4.26. The van der Waals surface area contributed by atoms with Crippen molar-refractivity contribution >= 4 is 21.4 Å². The third-order valence-electron chi connectivity index (χ3n) is 4.55. The molecule has 3 rings (SSSR count). The minimum absolute atomic E-state index is 0.00503. The van der Waals surface area contributed by atoms with Crippen LogP contribution in [0, 0.1) is 35.0 Å². The zero-order valence-corrected chi connectivity index (χ0v) is 17.4. The molecule has 0 spiro atoms. The van der Waals surface area contributed by atoms with Gasteiger partial charge in [0.15, 0.2) is 0 Å². The Balaban J connectivity index is 2.15. The summed E-state index contributed by atoms with van der Waals surface area (Å²) in [5.74, 6) is 14.2. The molecule has 1 heteroatoms. The van der Waals surface area contributed by atoms with Crippen LogP contribution in [0.3, 0.4) is 0 Å². The van der Waals surface area contributed by atoms with Gasteiger partial charge in [-0.05, 0) is 61.8 Å². The van der Waals surface area contributed by atoms with Crippen LogP contribution in [0.2, 0.25) is 0 Å². The van der Waals surface area contributed by atoms with Crippen molar-refractivity contribution in [3.05, 3.63) is 33.7 Å². The minimum atomic E-state index is 0.00503. The Kier molecular flexibility index (Phi) is 4.51. The largest absolute Gasteiger partial charge is 0.125 e. The summed E-state index contributed by atoms with van der Waals surface area (Å²) >= 11 is 1.80. The van der Waals surface area contributed by atoms with E-state index in [1.807, 2.05) is 0 Å². The van der Waals surface area contributed by atoms with E-state index in [0.717, 1.165) is 23.3 Å². The highest BCUT2D eigenvalue weighted by atomic mass is 32.1. The first-order valence-corrected chi connectivity index (χ1v) is 10.0. The molecule has 0 saturated heterocycles. The van der Waals surface area contributed by atoms with Crippen molar-refractivity contribution in [1.29, 1.82) is 0 Å². The average molecular weight is 349 g/mol. The van der Waals surface area contributed by atoms with Crippen LogP contribution in [-0.4, -0.2) is 0 Å². The molecule has 0 amide bonds. The Hall–Kier alpha value is -1.70. The average Bonchev–Trinajstić information content (AvgIpc) is 2.80. The maximum absolute atomic E-state index is 3.45. The van der Waals surface area contributed by atoms with E-state index in [-0.39, 0.29) is 5.41 Å². The van der Waals surface area contributed by atoms with Crippen molar-refractivity contribution in [1.82, 2.24) is 0 Å². The summed E-state index contributed by atoms with van der Waals surface area (Å²) in [6.07, 6.45) is 2.09. The molecule has 0 unspecified atom stereocenters. The zero-order chi connectivity index (χ0) is 18.4. The number of thiophene rings is 1. The molecule has 0 saturated carbocycles. The molecule has 0 aliphatic heterocycles. The van der Waals surface area contributed by atoms with Gasteiger partial charge < -0.3 is 0 Å². The summed E-state index contributed by atoms with van der Waals surface area (Å²) < 4.78 is 1.33. The number of hydrogen-bond donors (Lipinski definition) is 0. The maximum Gasteiger partial charge on any atom is 0.0937 e. The van der Waals surface area contributed by atoms with Gasteiger partial charge in [0.05, 0.1) is 10.4 Å². The summed E-state index contributed by atoms with van der Waals surface area (Å²) in [6.45, 7) is 15.6. The summed E-state index contributed by atoms with van der Waals surface area (Å²) in [7, 11) is 0. The van der Waals surface area contributed by atoms with Crippen LogP contribution in [0.4, 0.5) is 0 Å². The standard InChI is InChI=1S/C24H28S/c1-16(2)9-8-10-18-19-13-17-15-24(6,7)20(17)14-22(19)25-21(18)11-12-23(3,4)5/h13-14,16H,9,15H2,1-7H3. The summed E-state index contributed by atoms with van der Waals surface area (Å²) in [6, 6.07) is 4.75. The molecule has 1 heterocycles. The highest BCUT2D eigenvalue weighted by Crippen LogP contribution is 2.45. The minimum Gasteiger partial charge on any atom is -0.125 e. The van der Waals surface area contributed by atoms with E-state index in [1.54, 1.807) is 11.3 Å². The van der Waals surface area contributed by atoms with Gasteiger partial charge >= 0.3 is 0 Å². The molecule has 0 fully saturated rings. The van der Waals surface area contributed by atoms with Gasteiger partial charge in [0.25, 0.3) is 0 Å². The van der Waals surface area contributed by atoms with Crippen molar-refractivity contribution < 1.29 is 0 Å². The lowest BCUT2D eigenvalue weighted by molar-refractivity contribution is 0.457. The highest BCUT2D eigenvalue weighted by Gasteiger charge is 2.34. The highest BCUT2D eigenvalue weighted by molar-refractivity contribution is 7.19. The number of rotatable bonds is 1. The van der Waals surface area contributed by atoms with E-state index in [0.29, 0.717) is 11.3 Å². The fourth-order valence-electron chi connectivity index (χ4n) is 3.23. The van der Waals surface area contributed by atoms with Crippen LogP contribution in [0.1, 0.15) is 76.5 Å². The predicted octanol–water partition coefficient (Wildman–Crippen LogP) is 6.53. The zero-order valence-electron chi connectivity index (χ0n) is 16.6. The van der Waals surface area contributed by atoms with E-state index in [9.17, 15) is 0 Å². The van der Waals surface area contributed by atoms with Gasteiger partial charge in [-0.25, -0.2) is 0 Å². The summed E-state index contributed by atoms with van der Waals surface area (Å²) in [5.41, 5.74) is 4.44. The normalized spacial score (nSPS) is 15.0. The molecule has 1 aromatic heterocycles. The second-order valence-electron chi connectivity index (χ2n) is 9.27. The molecule has 25 heavy (non-hydrogen) atoms.